The standard InChI is InChI=1S/C26H32N2O6/c1-31-20-3-5-21(6-4-20)32-9-8-25(29)27-22(16-28-14-18-12-19(18)15-28)26(30)17-2-7-23-24(13-17)34-11-10-33-23/h2-7,13,18-19,22,26,30H,8-12,14-16H2,1H3,(H,27,29)/t18?,19?,22-,26-/m1/s1. The van der Waals surface area contributed by atoms with Crippen LogP contribution in [0.2, 0.25) is 0 Å². The van der Waals surface area contributed by atoms with E-state index in [0.717, 1.165) is 30.7 Å². The summed E-state index contributed by atoms with van der Waals surface area (Å²) in [5, 5.41) is 14.3. The Bertz CT molecular complexity index is 987. The van der Waals surface area contributed by atoms with Gasteiger partial charge in [-0.05, 0) is 60.2 Å². The van der Waals surface area contributed by atoms with Crippen LogP contribution in [0.5, 0.6) is 23.0 Å². The zero-order valence-electron chi connectivity index (χ0n) is 19.4. The smallest absolute Gasteiger partial charge is 0.223 e. The molecule has 5 rings (SSSR count). The first-order valence-corrected chi connectivity index (χ1v) is 11.9. The number of nitrogens with one attached hydrogen (secondary N) is 1. The van der Waals surface area contributed by atoms with Crippen molar-refractivity contribution in [2.75, 3.05) is 46.6 Å². The van der Waals surface area contributed by atoms with Crippen LogP contribution in [0.1, 0.15) is 24.5 Å². The molecule has 2 aromatic rings. The molecule has 2 heterocycles. The number of likely N-dealkylation sites (tertiary alicyclic amines) is 1. The Morgan fingerprint density at radius 3 is 2.53 bits per heavy atom. The summed E-state index contributed by atoms with van der Waals surface area (Å²) in [6.45, 7) is 3.92. The molecule has 0 bridgehead atoms. The third-order valence-corrected chi connectivity index (χ3v) is 6.80. The predicted molar refractivity (Wildman–Crippen MR) is 125 cm³/mol. The fourth-order valence-electron chi connectivity index (χ4n) is 4.84. The van der Waals surface area contributed by atoms with Gasteiger partial charge in [0.05, 0.1) is 26.2 Å². The van der Waals surface area contributed by atoms with Gasteiger partial charge in [0.2, 0.25) is 5.91 Å². The van der Waals surface area contributed by atoms with Gasteiger partial charge in [0.1, 0.15) is 30.8 Å². The van der Waals surface area contributed by atoms with Gasteiger partial charge in [0, 0.05) is 19.6 Å². The number of fused-ring (bicyclic) bond motifs is 2. The van der Waals surface area contributed by atoms with Crippen LogP contribution in [0, 0.1) is 11.8 Å². The number of ether oxygens (including phenoxy) is 4. The SMILES string of the molecule is COc1ccc(OCCC(=O)N[C@H](CN2CC3CC3C2)[C@H](O)c2ccc3c(c2)OCCO3)cc1. The van der Waals surface area contributed by atoms with E-state index in [1.165, 1.54) is 6.42 Å². The highest BCUT2D eigenvalue weighted by atomic mass is 16.6. The summed E-state index contributed by atoms with van der Waals surface area (Å²) in [6, 6.07) is 12.3. The second-order valence-electron chi connectivity index (χ2n) is 9.27. The monoisotopic (exact) mass is 468 g/mol. The van der Waals surface area contributed by atoms with Crippen LogP contribution in [-0.2, 0) is 4.79 Å². The average Bonchev–Trinajstić information content (AvgIpc) is 3.48. The fourth-order valence-corrected chi connectivity index (χ4v) is 4.84. The number of aliphatic hydroxyl groups excluding tert-OH is 1. The van der Waals surface area contributed by atoms with E-state index in [1.54, 1.807) is 7.11 Å². The fraction of sp³-hybridized carbons (Fsp3) is 0.500. The lowest BCUT2D eigenvalue weighted by Gasteiger charge is -2.30. The maximum Gasteiger partial charge on any atom is 0.223 e. The summed E-state index contributed by atoms with van der Waals surface area (Å²) in [5.74, 6) is 4.14. The van der Waals surface area contributed by atoms with Crippen molar-refractivity contribution < 1.29 is 28.8 Å². The number of carbonyl (C=O) groups is 1. The van der Waals surface area contributed by atoms with Crippen LogP contribution in [0.15, 0.2) is 42.5 Å². The molecule has 2 N–H and O–H groups in total. The van der Waals surface area contributed by atoms with E-state index >= 15 is 0 Å². The molecule has 2 fully saturated rings. The Labute approximate surface area is 199 Å². The molecule has 34 heavy (non-hydrogen) atoms. The lowest BCUT2D eigenvalue weighted by Crippen LogP contribution is -2.47. The molecule has 2 unspecified atom stereocenters. The Hall–Kier alpha value is -2.97. The zero-order valence-corrected chi connectivity index (χ0v) is 19.4. The van der Waals surface area contributed by atoms with Crippen molar-refractivity contribution in [2.24, 2.45) is 11.8 Å². The molecule has 2 aromatic carbocycles. The van der Waals surface area contributed by atoms with Crippen molar-refractivity contribution in [2.45, 2.75) is 25.0 Å². The zero-order chi connectivity index (χ0) is 23.5. The van der Waals surface area contributed by atoms with Crippen LogP contribution < -0.4 is 24.3 Å². The summed E-state index contributed by atoms with van der Waals surface area (Å²) in [6.07, 6.45) is 0.641. The van der Waals surface area contributed by atoms with Crippen LogP contribution in [0.4, 0.5) is 0 Å². The van der Waals surface area contributed by atoms with Gasteiger partial charge in [-0.15, -0.1) is 0 Å². The second kappa shape index (κ2) is 10.1. The van der Waals surface area contributed by atoms with E-state index in [1.807, 2.05) is 42.5 Å². The largest absolute Gasteiger partial charge is 0.497 e. The Morgan fingerprint density at radius 2 is 1.79 bits per heavy atom. The van der Waals surface area contributed by atoms with Crippen molar-refractivity contribution in [1.29, 1.82) is 0 Å². The van der Waals surface area contributed by atoms with Crippen LogP contribution in [0.3, 0.4) is 0 Å². The number of hydrogen-bond donors (Lipinski definition) is 2. The molecule has 0 spiro atoms. The van der Waals surface area contributed by atoms with Gasteiger partial charge in [-0.25, -0.2) is 0 Å². The van der Waals surface area contributed by atoms with E-state index in [-0.39, 0.29) is 18.9 Å². The Balaban J connectivity index is 1.20. The molecule has 8 heteroatoms. The summed E-state index contributed by atoms with van der Waals surface area (Å²) < 4.78 is 22.1. The Morgan fingerprint density at radius 1 is 1.09 bits per heavy atom. The first-order valence-electron chi connectivity index (χ1n) is 11.9. The number of carbonyl (C=O) groups excluding carboxylic acids is 1. The van der Waals surface area contributed by atoms with Crippen molar-refractivity contribution in [3.63, 3.8) is 0 Å². The van der Waals surface area contributed by atoms with Crippen LogP contribution >= 0.6 is 0 Å². The van der Waals surface area contributed by atoms with Gasteiger partial charge < -0.3 is 34.3 Å². The van der Waals surface area contributed by atoms with Crippen LogP contribution in [0.25, 0.3) is 0 Å². The molecule has 1 saturated carbocycles. The molecule has 0 radical (unpaired) electrons. The van der Waals surface area contributed by atoms with Gasteiger partial charge in [-0.2, -0.15) is 0 Å². The quantitative estimate of drug-likeness (QED) is 0.554. The van der Waals surface area contributed by atoms with E-state index in [0.29, 0.717) is 42.6 Å². The van der Waals surface area contributed by atoms with Crippen molar-refractivity contribution in [3.8, 4) is 23.0 Å². The van der Waals surface area contributed by atoms with Gasteiger partial charge in [0.15, 0.2) is 11.5 Å². The van der Waals surface area contributed by atoms with E-state index in [4.69, 9.17) is 18.9 Å². The first-order chi connectivity index (χ1) is 16.6. The first kappa shape index (κ1) is 22.8. The minimum absolute atomic E-state index is 0.153. The van der Waals surface area contributed by atoms with Crippen LogP contribution in [-0.4, -0.2) is 68.5 Å². The summed E-state index contributed by atoms with van der Waals surface area (Å²) >= 11 is 0. The van der Waals surface area contributed by atoms with E-state index in [9.17, 15) is 9.90 Å². The highest BCUT2D eigenvalue weighted by molar-refractivity contribution is 5.76. The summed E-state index contributed by atoms with van der Waals surface area (Å²) in [7, 11) is 1.61. The number of nitrogens with zero attached hydrogens (tertiary/aromatic N) is 1. The third kappa shape index (κ3) is 5.39. The molecular formula is C26H32N2O6. The van der Waals surface area contributed by atoms with Crippen molar-refractivity contribution in [3.05, 3.63) is 48.0 Å². The molecule has 1 amide bonds. The number of piperidine rings is 1. The van der Waals surface area contributed by atoms with Gasteiger partial charge in [-0.1, -0.05) is 6.07 Å². The maximum absolute atomic E-state index is 12.8. The Kier molecular flexibility index (Phi) is 6.78. The maximum atomic E-state index is 12.8. The lowest BCUT2D eigenvalue weighted by molar-refractivity contribution is -0.123. The molecule has 1 aliphatic carbocycles. The second-order valence-corrected chi connectivity index (χ2v) is 9.27. The predicted octanol–water partition coefficient (Wildman–Crippen LogP) is 2.41. The number of methoxy groups -OCH3 is 1. The topological polar surface area (TPSA) is 89.5 Å². The minimum Gasteiger partial charge on any atom is -0.497 e. The molecule has 0 aromatic heterocycles. The number of amides is 1. The molecule has 182 valence electrons. The van der Waals surface area contributed by atoms with Gasteiger partial charge in [-0.3, -0.25) is 4.79 Å². The summed E-state index contributed by atoms with van der Waals surface area (Å²) in [5.41, 5.74) is 0.702. The highest BCUT2D eigenvalue weighted by Gasteiger charge is 2.45. The minimum atomic E-state index is -0.862. The van der Waals surface area contributed by atoms with E-state index < -0.39 is 12.1 Å². The van der Waals surface area contributed by atoms with E-state index in [2.05, 4.69) is 10.2 Å². The average molecular weight is 469 g/mol. The normalized spacial score (nSPS) is 22.4. The highest BCUT2D eigenvalue weighted by Crippen LogP contribution is 2.45. The lowest BCUT2D eigenvalue weighted by atomic mass is 10.0. The van der Waals surface area contributed by atoms with Gasteiger partial charge >= 0.3 is 0 Å². The van der Waals surface area contributed by atoms with Crippen molar-refractivity contribution in [1.82, 2.24) is 10.2 Å². The third-order valence-electron chi connectivity index (χ3n) is 6.80. The molecular weight excluding hydrogens is 436 g/mol. The molecule has 4 atom stereocenters. The number of aliphatic hydroxyl groups is 1. The number of hydrogen-bond acceptors (Lipinski definition) is 7. The molecule has 1 saturated heterocycles. The number of benzene rings is 2. The molecule has 3 aliphatic rings. The molecule has 8 nitrogen and oxygen atoms in total. The van der Waals surface area contributed by atoms with Crippen molar-refractivity contribution >= 4 is 5.91 Å². The molecule has 2 aliphatic heterocycles. The summed E-state index contributed by atoms with van der Waals surface area (Å²) in [4.78, 5) is 15.1. The number of rotatable bonds is 10. The van der Waals surface area contributed by atoms with Gasteiger partial charge in [0.25, 0.3) is 0 Å².